The van der Waals surface area contributed by atoms with Crippen molar-refractivity contribution < 1.29 is 9.59 Å². The molecule has 1 aromatic heterocycles. The number of nitrogens with zero attached hydrogens (tertiary/aromatic N) is 2. The second kappa shape index (κ2) is 6.69. The maximum Gasteiger partial charge on any atom is 0.254 e. The summed E-state index contributed by atoms with van der Waals surface area (Å²) in [5.41, 5.74) is 1.24. The van der Waals surface area contributed by atoms with Gasteiger partial charge in [-0.05, 0) is 57.2 Å². The van der Waals surface area contributed by atoms with Crippen molar-refractivity contribution >= 4 is 11.8 Å². The lowest BCUT2D eigenvalue weighted by Gasteiger charge is -2.23. The van der Waals surface area contributed by atoms with Gasteiger partial charge < -0.3 is 14.8 Å². The molecule has 1 N–H and O–H groups in total. The molecular formula is C18H23N3O2. The minimum absolute atomic E-state index is 0.0372. The van der Waals surface area contributed by atoms with E-state index in [1.807, 2.05) is 62.0 Å². The summed E-state index contributed by atoms with van der Waals surface area (Å²) in [6, 6.07) is 11.2. The monoisotopic (exact) mass is 313 g/mol. The third-order valence-electron chi connectivity index (χ3n) is 3.26. The Morgan fingerprint density at radius 1 is 1.09 bits per heavy atom. The summed E-state index contributed by atoms with van der Waals surface area (Å²) in [6.45, 7) is 5.77. The average molecular weight is 313 g/mol. The predicted octanol–water partition coefficient (Wildman–Crippen LogP) is 2.46. The van der Waals surface area contributed by atoms with E-state index < -0.39 is 0 Å². The van der Waals surface area contributed by atoms with Gasteiger partial charge in [0.2, 0.25) is 5.91 Å². The van der Waals surface area contributed by atoms with Gasteiger partial charge in [-0.2, -0.15) is 0 Å². The van der Waals surface area contributed by atoms with Crippen molar-refractivity contribution in [2.24, 2.45) is 0 Å². The normalized spacial score (nSPS) is 11.1. The van der Waals surface area contributed by atoms with E-state index in [0.29, 0.717) is 5.56 Å². The fraction of sp³-hybridized carbons (Fsp3) is 0.333. The highest BCUT2D eigenvalue weighted by atomic mass is 16.2. The molecular weight excluding hydrogens is 290 g/mol. The van der Waals surface area contributed by atoms with Crippen molar-refractivity contribution in [3.63, 3.8) is 0 Å². The van der Waals surface area contributed by atoms with Gasteiger partial charge in [0.1, 0.15) is 0 Å². The van der Waals surface area contributed by atoms with Crippen LogP contribution in [0.5, 0.6) is 0 Å². The van der Waals surface area contributed by atoms with Gasteiger partial charge in [0.05, 0.1) is 6.54 Å². The summed E-state index contributed by atoms with van der Waals surface area (Å²) < 4.78 is 1.97. The molecule has 0 aliphatic carbocycles. The van der Waals surface area contributed by atoms with Crippen molar-refractivity contribution in [1.29, 1.82) is 0 Å². The number of hydrogen-bond acceptors (Lipinski definition) is 2. The highest BCUT2D eigenvalue weighted by molar-refractivity contribution is 5.96. The standard InChI is InChI=1S/C18H23N3O2/c1-18(2,3)19-16(22)13-20(4)17(23)14-7-9-15(10-8-14)21-11-5-6-12-21/h5-12H,13H2,1-4H3,(H,19,22). The van der Waals surface area contributed by atoms with E-state index in [9.17, 15) is 9.59 Å². The van der Waals surface area contributed by atoms with Crippen LogP contribution in [0, 0.1) is 0 Å². The minimum Gasteiger partial charge on any atom is -0.350 e. The Kier molecular flexibility index (Phi) is 4.89. The SMILES string of the molecule is CN(CC(=O)NC(C)(C)C)C(=O)c1ccc(-n2cccc2)cc1. The van der Waals surface area contributed by atoms with Gasteiger partial charge >= 0.3 is 0 Å². The summed E-state index contributed by atoms with van der Waals surface area (Å²) >= 11 is 0. The van der Waals surface area contributed by atoms with Gasteiger partial charge in [-0.15, -0.1) is 0 Å². The molecule has 0 spiro atoms. The predicted molar refractivity (Wildman–Crippen MR) is 90.6 cm³/mol. The molecule has 0 saturated heterocycles. The van der Waals surface area contributed by atoms with Crippen molar-refractivity contribution in [2.45, 2.75) is 26.3 Å². The molecule has 2 amide bonds. The van der Waals surface area contributed by atoms with Crippen LogP contribution in [-0.4, -0.2) is 40.4 Å². The molecule has 2 rings (SSSR count). The van der Waals surface area contributed by atoms with Crippen LogP contribution in [0.15, 0.2) is 48.8 Å². The molecule has 0 fully saturated rings. The van der Waals surface area contributed by atoms with Gasteiger partial charge in [0.25, 0.3) is 5.91 Å². The summed E-state index contributed by atoms with van der Waals surface area (Å²) in [7, 11) is 1.63. The fourth-order valence-corrected chi connectivity index (χ4v) is 2.25. The van der Waals surface area contributed by atoms with E-state index in [0.717, 1.165) is 5.69 Å². The molecule has 122 valence electrons. The number of nitrogens with one attached hydrogen (secondary N) is 1. The molecule has 0 bridgehead atoms. The molecule has 0 radical (unpaired) electrons. The summed E-state index contributed by atoms with van der Waals surface area (Å²) in [6.07, 6.45) is 3.89. The number of likely N-dealkylation sites (N-methyl/N-ethyl adjacent to an activating group) is 1. The Hall–Kier alpha value is -2.56. The Balaban J connectivity index is 2.01. The van der Waals surface area contributed by atoms with E-state index in [2.05, 4.69) is 5.32 Å². The van der Waals surface area contributed by atoms with Gasteiger partial charge in [-0.25, -0.2) is 0 Å². The summed E-state index contributed by atoms with van der Waals surface area (Å²) in [5, 5.41) is 2.85. The van der Waals surface area contributed by atoms with Crippen molar-refractivity contribution in [3.05, 3.63) is 54.4 Å². The summed E-state index contributed by atoms with van der Waals surface area (Å²) in [4.78, 5) is 25.7. The first-order chi connectivity index (χ1) is 10.8. The highest BCUT2D eigenvalue weighted by Crippen LogP contribution is 2.11. The Labute approximate surface area is 136 Å². The smallest absolute Gasteiger partial charge is 0.254 e. The number of carbonyl (C=O) groups excluding carboxylic acids is 2. The molecule has 0 aliphatic rings. The molecule has 23 heavy (non-hydrogen) atoms. The van der Waals surface area contributed by atoms with E-state index in [1.54, 1.807) is 19.2 Å². The molecule has 0 saturated carbocycles. The maximum atomic E-state index is 12.4. The number of benzene rings is 1. The van der Waals surface area contributed by atoms with E-state index >= 15 is 0 Å². The Bertz CT molecular complexity index is 667. The number of hydrogen-bond donors (Lipinski definition) is 1. The van der Waals surface area contributed by atoms with Crippen LogP contribution in [0.4, 0.5) is 0 Å². The lowest BCUT2D eigenvalue weighted by atomic mass is 10.1. The largest absolute Gasteiger partial charge is 0.350 e. The van der Waals surface area contributed by atoms with E-state index in [1.165, 1.54) is 4.90 Å². The van der Waals surface area contributed by atoms with Gasteiger partial charge in [0, 0.05) is 36.2 Å². The minimum atomic E-state index is -0.306. The molecule has 0 aliphatic heterocycles. The van der Waals surface area contributed by atoms with Crippen LogP contribution in [0.3, 0.4) is 0 Å². The average Bonchev–Trinajstić information content (AvgIpc) is 2.98. The van der Waals surface area contributed by atoms with Crippen LogP contribution >= 0.6 is 0 Å². The number of amides is 2. The number of rotatable bonds is 4. The molecule has 0 unspecified atom stereocenters. The molecule has 2 aromatic rings. The molecule has 1 aromatic carbocycles. The molecule has 0 atom stereocenters. The maximum absolute atomic E-state index is 12.4. The Morgan fingerprint density at radius 2 is 1.65 bits per heavy atom. The van der Waals surface area contributed by atoms with Crippen LogP contribution in [0.2, 0.25) is 0 Å². The lowest BCUT2D eigenvalue weighted by Crippen LogP contribution is -2.46. The highest BCUT2D eigenvalue weighted by Gasteiger charge is 2.18. The van der Waals surface area contributed by atoms with Crippen LogP contribution < -0.4 is 5.32 Å². The molecule has 5 heteroatoms. The first-order valence-corrected chi connectivity index (χ1v) is 7.56. The van der Waals surface area contributed by atoms with Crippen molar-refractivity contribution in [3.8, 4) is 5.69 Å². The van der Waals surface area contributed by atoms with Crippen molar-refractivity contribution in [1.82, 2.24) is 14.8 Å². The summed E-state index contributed by atoms with van der Waals surface area (Å²) in [5.74, 6) is -0.342. The second-order valence-corrected chi connectivity index (χ2v) is 6.60. The lowest BCUT2D eigenvalue weighted by molar-refractivity contribution is -0.122. The Morgan fingerprint density at radius 3 is 2.17 bits per heavy atom. The van der Waals surface area contributed by atoms with Gasteiger partial charge in [-0.3, -0.25) is 9.59 Å². The second-order valence-electron chi connectivity index (χ2n) is 6.60. The van der Waals surface area contributed by atoms with Crippen LogP contribution in [0.1, 0.15) is 31.1 Å². The first-order valence-electron chi connectivity index (χ1n) is 7.56. The zero-order valence-electron chi connectivity index (χ0n) is 14.0. The van der Waals surface area contributed by atoms with Gasteiger partial charge in [-0.1, -0.05) is 0 Å². The molecule has 1 heterocycles. The first kappa shape index (κ1) is 16.8. The quantitative estimate of drug-likeness (QED) is 0.943. The fourth-order valence-electron chi connectivity index (χ4n) is 2.25. The third-order valence-corrected chi connectivity index (χ3v) is 3.26. The van der Waals surface area contributed by atoms with Gasteiger partial charge in [0.15, 0.2) is 0 Å². The van der Waals surface area contributed by atoms with E-state index in [-0.39, 0.29) is 23.9 Å². The van der Waals surface area contributed by atoms with E-state index in [4.69, 9.17) is 0 Å². The zero-order chi connectivity index (χ0) is 17.0. The topological polar surface area (TPSA) is 54.3 Å². The molecule has 5 nitrogen and oxygen atoms in total. The van der Waals surface area contributed by atoms with Crippen molar-refractivity contribution in [2.75, 3.05) is 13.6 Å². The third kappa shape index (κ3) is 4.71. The number of carbonyl (C=O) groups is 2. The van der Waals surface area contributed by atoms with Crippen LogP contribution in [0.25, 0.3) is 5.69 Å². The number of aromatic nitrogens is 1. The zero-order valence-corrected chi connectivity index (χ0v) is 14.0. The van der Waals surface area contributed by atoms with Crippen LogP contribution in [-0.2, 0) is 4.79 Å².